The van der Waals surface area contributed by atoms with Crippen molar-refractivity contribution < 1.29 is 9.53 Å². The summed E-state index contributed by atoms with van der Waals surface area (Å²) >= 11 is 1.29. The number of carbonyl (C=O) groups is 1. The fraction of sp³-hybridized carbons (Fsp3) is 0.0769. The van der Waals surface area contributed by atoms with Crippen molar-refractivity contribution in [1.82, 2.24) is 19.6 Å². The fourth-order valence-electron chi connectivity index (χ4n) is 1.77. The Balaban J connectivity index is 1.96. The molecule has 8 heteroatoms. The van der Waals surface area contributed by atoms with Crippen molar-refractivity contribution in [2.75, 3.05) is 12.8 Å². The summed E-state index contributed by atoms with van der Waals surface area (Å²) in [5.41, 5.74) is 7.02. The van der Waals surface area contributed by atoms with Gasteiger partial charge in [0.15, 0.2) is 5.65 Å². The Hall–Kier alpha value is -2.61. The van der Waals surface area contributed by atoms with E-state index >= 15 is 0 Å². The lowest BCUT2D eigenvalue weighted by Gasteiger charge is -2.05. The monoisotopic (exact) mass is 301 g/mol. The van der Waals surface area contributed by atoms with Crippen LogP contribution in [-0.4, -0.2) is 32.7 Å². The van der Waals surface area contributed by atoms with Gasteiger partial charge in [-0.25, -0.2) is 9.78 Å². The van der Waals surface area contributed by atoms with Gasteiger partial charge >= 0.3 is 5.97 Å². The first-order valence-corrected chi connectivity index (χ1v) is 6.82. The summed E-state index contributed by atoms with van der Waals surface area (Å²) in [7, 11) is 1.31. The van der Waals surface area contributed by atoms with Crippen LogP contribution in [0, 0.1) is 0 Å². The van der Waals surface area contributed by atoms with E-state index in [1.54, 1.807) is 6.07 Å². The molecule has 3 heterocycles. The van der Waals surface area contributed by atoms with Crippen molar-refractivity contribution >= 4 is 29.1 Å². The molecule has 0 saturated carbocycles. The number of aromatic nitrogens is 4. The van der Waals surface area contributed by atoms with Crippen LogP contribution in [0.2, 0.25) is 0 Å². The zero-order valence-electron chi connectivity index (χ0n) is 11.1. The maximum Gasteiger partial charge on any atom is 0.340 e. The number of esters is 1. The Morgan fingerprint density at radius 2 is 2.24 bits per heavy atom. The molecule has 0 amide bonds. The van der Waals surface area contributed by atoms with Gasteiger partial charge in [-0.15, -0.1) is 10.2 Å². The van der Waals surface area contributed by atoms with E-state index in [4.69, 9.17) is 5.73 Å². The van der Waals surface area contributed by atoms with Crippen LogP contribution in [0.15, 0.2) is 46.8 Å². The van der Waals surface area contributed by atoms with Crippen LogP contribution in [0.4, 0.5) is 5.69 Å². The average molecular weight is 301 g/mol. The third-order valence-electron chi connectivity index (χ3n) is 2.79. The molecule has 3 aromatic rings. The molecule has 0 spiro atoms. The second kappa shape index (κ2) is 5.41. The van der Waals surface area contributed by atoms with E-state index in [-0.39, 0.29) is 11.3 Å². The third kappa shape index (κ3) is 2.52. The van der Waals surface area contributed by atoms with E-state index in [9.17, 15) is 4.79 Å². The highest BCUT2D eigenvalue weighted by Gasteiger charge is 2.14. The number of rotatable bonds is 3. The number of carbonyl (C=O) groups excluding carboxylic acids is 1. The molecule has 0 aliphatic carbocycles. The average Bonchev–Trinajstić information content (AvgIpc) is 2.92. The van der Waals surface area contributed by atoms with Gasteiger partial charge in [0.25, 0.3) is 0 Å². The number of fused-ring (bicyclic) bond motifs is 1. The summed E-state index contributed by atoms with van der Waals surface area (Å²) in [4.78, 5) is 15.8. The highest BCUT2D eigenvalue weighted by molar-refractivity contribution is 7.99. The van der Waals surface area contributed by atoms with E-state index in [0.29, 0.717) is 10.2 Å². The zero-order valence-corrected chi connectivity index (χ0v) is 11.9. The largest absolute Gasteiger partial charge is 0.465 e. The molecule has 0 bridgehead atoms. The first kappa shape index (κ1) is 13.4. The molecular formula is C13H11N5O2S. The number of nitrogen functional groups attached to an aromatic ring is 1. The van der Waals surface area contributed by atoms with Gasteiger partial charge in [-0.1, -0.05) is 6.07 Å². The quantitative estimate of drug-likeness (QED) is 0.735. The zero-order chi connectivity index (χ0) is 14.8. The molecule has 0 atom stereocenters. The van der Waals surface area contributed by atoms with Gasteiger partial charge in [0.2, 0.25) is 5.16 Å². The highest BCUT2D eigenvalue weighted by atomic mass is 32.2. The minimum absolute atomic E-state index is 0.275. The number of pyridine rings is 2. The highest BCUT2D eigenvalue weighted by Crippen LogP contribution is 2.27. The lowest BCUT2D eigenvalue weighted by atomic mass is 10.2. The lowest BCUT2D eigenvalue weighted by Crippen LogP contribution is -2.06. The van der Waals surface area contributed by atoms with E-state index < -0.39 is 5.97 Å². The smallest absolute Gasteiger partial charge is 0.340 e. The van der Waals surface area contributed by atoms with Gasteiger partial charge in [0.1, 0.15) is 5.03 Å². The van der Waals surface area contributed by atoms with E-state index in [0.717, 1.165) is 5.65 Å². The first-order valence-electron chi connectivity index (χ1n) is 6.00. The van der Waals surface area contributed by atoms with Crippen LogP contribution in [0.1, 0.15) is 10.4 Å². The molecule has 7 nitrogen and oxygen atoms in total. The van der Waals surface area contributed by atoms with Crippen molar-refractivity contribution in [3.8, 4) is 0 Å². The van der Waals surface area contributed by atoms with Gasteiger partial charge in [-0.05, 0) is 30.0 Å². The second-order valence-electron chi connectivity index (χ2n) is 4.11. The molecule has 0 aliphatic rings. The Bertz CT molecular complexity index is 817. The standard InChI is InChI=1S/C13H11N5O2S/c1-20-12(19)8-6-11(15-7-9(8)14)21-13-17-16-10-4-2-3-5-18(10)13/h2-7H,14H2,1H3. The SMILES string of the molecule is COC(=O)c1cc(Sc2nnc3ccccn23)ncc1N. The van der Waals surface area contributed by atoms with Crippen LogP contribution >= 0.6 is 11.8 Å². The molecule has 0 saturated heterocycles. The molecule has 3 aromatic heterocycles. The van der Waals surface area contributed by atoms with Crippen molar-refractivity contribution in [2.45, 2.75) is 10.2 Å². The summed E-state index contributed by atoms with van der Waals surface area (Å²) in [6.45, 7) is 0. The van der Waals surface area contributed by atoms with Crippen molar-refractivity contribution in [3.63, 3.8) is 0 Å². The normalized spacial score (nSPS) is 10.7. The maximum absolute atomic E-state index is 11.6. The summed E-state index contributed by atoms with van der Waals surface area (Å²) < 4.78 is 6.52. The molecule has 0 aliphatic heterocycles. The third-order valence-corrected chi connectivity index (χ3v) is 3.69. The van der Waals surface area contributed by atoms with Crippen LogP contribution < -0.4 is 5.73 Å². The number of hydrogen-bond donors (Lipinski definition) is 1. The molecule has 0 aromatic carbocycles. The molecule has 0 fully saturated rings. The van der Waals surface area contributed by atoms with E-state index in [2.05, 4.69) is 19.9 Å². The van der Waals surface area contributed by atoms with E-state index in [1.165, 1.54) is 25.1 Å². The topological polar surface area (TPSA) is 95.4 Å². The summed E-state index contributed by atoms with van der Waals surface area (Å²) in [6, 6.07) is 7.20. The van der Waals surface area contributed by atoms with Crippen molar-refractivity contribution in [1.29, 1.82) is 0 Å². The van der Waals surface area contributed by atoms with E-state index in [1.807, 2.05) is 28.8 Å². The predicted molar refractivity (Wildman–Crippen MR) is 77.1 cm³/mol. The number of hydrogen-bond acceptors (Lipinski definition) is 7. The van der Waals surface area contributed by atoms with Gasteiger partial charge in [-0.3, -0.25) is 4.40 Å². The van der Waals surface area contributed by atoms with Crippen molar-refractivity contribution in [3.05, 3.63) is 42.2 Å². The molecule has 21 heavy (non-hydrogen) atoms. The molecule has 3 rings (SSSR count). The summed E-state index contributed by atoms with van der Waals surface area (Å²) in [5, 5.41) is 9.39. The van der Waals surface area contributed by atoms with Crippen LogP contribution in [0.25, 0.3) is 5.65 Å². The molecular weight excluding hydrogens is 290 g/mol. The fourth-order valence-corrected chi connectivity index (χ4v) is 2.58. The Morgan fingerprint density at radius 1 is 1.38 bits per heavy atom. The summed E-state index contributed by atoms with van der Waals surface area (Å²) in [5.74, 6) is -0.497. The Morgan fingerprint density at radius 3 is 3.05 bits per heavy atom. The Labute approximate surface area is 124 Å². The van der Waals surface area contributed by atoms with Crippen LogP contribution in [0.5, 0.6) is 0 Å². The van der Waals surface area contributed by atoms with Gasteiger partial charge in [0, 0.05) is 6.20 Å². The molecule has 2 N–H and O–H groups in total. The number of anilines is 1. The number of nitrogens with zero attached hydrogens (tertiary/aromatic N) is 4. The van der Waals surface area contributed by atoms with Gasteiger partial charge in [-0.2, -0.15) is 0 Å². The summed E-state index contributed by atoms with van der Waals surface area (Å²) in [6.07, 6.45) is 3.29. The van der Waals surface area contributed by atoms with Crippen LogP contribution in [0.3, 0.4) is 0 Å². The van der Waals surface area contributed by atoms with Gasteiger partial charge in [0.05, 0.1) is 24.6 Å². The molecule has 0 radical (unpaired) electrons. The van der Waals surface area contributed by atoms with Crippen LogP contribution in [-0.2, 0) is 4.74 Å². The first-order chi connectivity index (χ1) is 10.2. The number of methoxy groups -OCH3 is 1. The lowest BCUT2D eigenvalue weighted by molar-refractivity contribution is 0.0601. The minimum atomic E-state index is -0.497. The number of nitrogens with two attached hydrogens (primary N) is 1. The van der Waals surface area contributed by atoms with Gasteiger partial charge < -0.3 is 10.5 Å². The molecule has 106 valence electrons. The molecule has 0 unspecified atom stereocenters. The predicted octanol–water partition coefficient (Wildman–Crippen LogP) is 1.64. The maximum atomic E-state index is 11.6. The Kier molecular flexibility index (Phi) is 3.44. The second-order valence-corrected chi connectivity index (χ2v) is 5.10. The van der Waals surface area contributed by atoms with Crippen molar-refractivity contribution in [2.24, 2.45) is 0 Å². The minimum Gasteiger partial charge on any atom is -0.465 e. The number of ether oxygens (including phenoxy) is 1.